The Hall–Kier alpha value is -1.65. The highest BCUT2D eigenvalue weighted by molar-refractivity contribution is 7.98. The molecule has 0 saturated heterocycles. The summed E-state index contributed by atoms with van der Waals surface area (Å²) in [5.41, 5.74) is 2.21. The van der Waals surface area contributed by atoms with Gasteiger partial charge in [-0.1, -0.05) is 36.4 Å². The lowest BCUT2D eigenvalue weighted by Gasteiger charge is -2.12. The Kier molecular flexibility index (Phi) is 6.44. The minimum absolute atomic E-state index is 0.527. The van der Waals surface area contributed by atoms with E-state index >= 15 is 0 Å². The third-order valence-corrected chi connectivity index (χ3v) is 3.34. The first-order valence-corrected chi connectivity index (χ1v) is 8.13. The molecule has 0 atom stereocenters. The Bertz CT molecular complexity index is 543. The van der Waals surface area contributed by atoms with Crippen LogP contribution in [0.25, 0.3) is 0 Å². The number of hydrogen-bond acceptors (Lipinski definition) is 4. The normalized spacial score (nSPS) is 10.4. The molecule has 0 aliphatic carbocycles. The van der Waals surface area contributed by atoms with E-state index in [1.165, 1.54) is 0 Å². The summed E-state index contributed by atoms with van der Waals surface area (Å²) in [5.74, 6) is 2.17. The van der Waals surface area contributed by atoms with E-state index in [2.05, 4.69) is 0 Å². The predicted octanol–water partition coefficient (Wildman–Crippen LogP) is 4.11. The fraction of sp³-hybridized carbons (Fsp3) is 0.294. The van der Waals surface area contributed by atoms with Gasteiger partial charge in [-0.05, 0) is 29.5 Å². The van der Waals surface area contributed by atoms with Gasteiger partial charge in [0.25, 0.3) is 0 Å². The molecule has 2 aromatic rings. The Labute approximate surface area is 130 Å². The van der Waals surface area contributed by atoms with Crippen LogP contribution in [0.2, 0.25) is 0 Å². The Balaban J connectivity index is 1.99. The predicted molar refractivity (Wildman–Crippen MR) is 86.9 cm³/mol. The molecule has 112 valence electrons. The van der Waals surface area contributed by atoms with Crippen LogP contribution in [0, 0.1) is 0 Å². The molecule has 2 rings (SSSR count). The maximum atomic E-state index is 5.82. The standard InChI is InChI=1S/C17H20O3S/c1-18-17-10-15(11-19-13-21-2)8-9-16(17)20-12-14-6-4-3-5-7-14/h3-10H,11-13H2,1-2H3. The lowest BCUT2D eigenvalue weighted by atomic mass is 10.2. The fourth-order valence-electron chi connectivity index (χ4n) is 1.90. The quantitative estimate of drug-likeness (QED) is 0.542. The van der Waals surface area contributed by atoms with Crippen LogP contribution >= 0.6 is 11.8 Å². The molecule has 21 heavy (non-hydrogen) atoms. The lowest BCUT2D eigenvalue weighted by molar-refractivity contribution is 0.169. The summed E-state index contributed by atoms with van der Waals surface area (Å²) >= 11 is 1.66. The van der Waals surface area contributed by atoms with Crippen molar-refractivity contribution in [2.75, 3.05) is 19.3 Å². The molecule has 0 radical (unpaired) electrons. The van der Waals surface area contributed by atoms with Gasteiger partial charge < -0.3 is 14.2 Å². The summed E-state index contributed by atoms with van der Waals surface area (Å²) in [6.45, 7) is 1.11. The monoisotopic (exact) mass is 304 g/mol. The van der Waals surface area contributed by atoms with E-state index in [4.69, 9.17) is 14.2 Å². The Morgan fingerprint density at radius 3 is 2.43 bits per heavy atom. The molecular formula is C17H20O3S. The highest BCUT2D eigenvalue weighted by atomic mass is 32.2. The van der Waals surface area contributed by atoms with E-state index in [1.54, 1.807) is 18.9 Å². The average molecular weight is 304 g/mol. The van der Waals surface area contributed by atoms with Gasteiger partial charge in [-0.2, -0.15) is 0 Å². The maximum Gasteiger partial charge on any atom is 0.161 e. The van der Waals surface area contributed by atoms with Crippen LogP contribution in [0.4, 0.5) is 0 Å². The van der Waals surface area contributed by atoms with E-state index in [-0.39, 0.29) is 0 Å². The molecule has 0 spiro atoms. The van der Waals surface area contributed by atoms with Gasteiger partial charge in [-0.25, -0.2) is 0 Å². The number of benzene rings is 2. The highest BCUT2D eigenvalue weighted by Gasteiger charge is 2.06. The molecule has 0 aromatic heterocycles. The van der Waals surface area contributed by atoms with Crippen LogP contribution in [0.15, 0.2) is 48.5 Å². The third kappa shape index (κ3) is 4.99. The molecular weight excluding hydrogens is 284 g/mol. The van der Waals surface area contributed by atoms with Crippen molar-refractivity contribution in [2.24, 2.45) is 0 Å². The Morgan fingerprint density at radius 1 is 0.905 bits per heavy atom. The molecule has 0 heterocycles. The zero-order valence-electron chi connectivity index (χ0n) is 12.4. The van der Waals surface area contributed by atoms with Crippen molar-refractivity contribution in [3.05, 3.63) is 59.7 Å². The van der Waals surface area contributed by atoms with Crippen molar-refractivity contribution >= 4 is 11.8 Å². The van der Waals surface area contributed by atoms with Crippen molar-refractivity contribution in [2.45, 2.75) is 13.2 Å². The molecule has 0 bridgehead atoms. The number of thioether (sulfide) groups is 1. The lowest BCUT2D eigenvalue weighted by Crippen LogP contribution is -1.99. The zero-order chi connectivity index (χ0) is 14.9. The van der Waals surface area contributed by atoms with E-state index in [0.717, 1.165) is 22.6 Å². The second-order valence-electron chi connectivity index (χ2n) is 4.51. The van der Waals surface area contributed by atoms with Gasteiger partial charge in [-0.3, -0.25) is 0 Å². The average Bonchev–Trinajstić information content (AvgIpc) is 2.54. The number of rotatable bonds is 8. The van der Waals surface area contributed by atoms with E-state index in [9.17, 15) is 0 Å². The van der Waals surface area contributed by atoms with Crippen LogP contribution < -0.4 is 9.47 Å². The summed E-state index contributed by atoms with van der Waals surface area (Å²) in [4.78, 5) is 0. The number of methoxy groups -OCH3 is 1. The fourth-order valence-corrected chi connectivity index (χ4v) is 2.15. The number of hydrogen-bond donors (Lipinski definition) is 0. The van der Waals surface area contributed by atoms with Crippen molar-refractivity contribution < 1.29 is 14.2 Å². The smallest absolute Gasteiger partial charge is 0.161 e. The van der Waals surface area contributed by atoms with Gasteiger partial charge in [0.2, 0.25) is 0 Å². The van der Waals surface area contributed by atoms with E-state index in [1.807, 2.05) is 54.8 Å². The number of ether oxygens (including phenoxy) is 3. The highest BCUT2D eigenvalue weighted by Crippen LogP contribution is 2.29. The van der Waals surface area contributed by atoms with E-state index < -0.39 is 0 Å². The van der Waals surface area contributed by atoms with Crippen molar-refractivity contribution in [3.8, 4) is 11.5 Å². The van der Waals surface area contributed by atoms with Crippen LogP contribution in [0.3, 0.4) is 0 Å². The SMILES string of the molecule is COc1cc(COCSC)ccc1OCc1ccccc1. The minimum atomic E-state index is 0.527. The second kappa shape index (κ2) is 8.60. The van der Waals surface area contributed by atoms with Crippen LogP contribution in [-0.2, 0) is 18.0 Å². The van der Waals surface area contributed by atoms with Crippen molar-refractivity contribution in [3.63, 3.8) is 0 Å². The van der Waals surface area contributed by atoms with Crippen LogP contribution in [-0.4, -0.2) is 19.3 Å². The summed E-state index contributed by atoms with van der Waals surface area (Å²) in [5, 5.41) is 0. The van der Waals surface area contributed by atoms with Gasteiger partial charge in [0.05, 0.1) is 19.7 Å². The summed E-state index contributed by atoms with van der Waals surface area (Å²) in [7, 11) is 1.65. The summed E-state index contributed by atoms with van der Waals surface area (Å²) in [6.07, 6.45) is 2.01. The van der Waals surface area contributed by atoms with Crippen LogP contribution in [0.1, 0.15) is 11.1 Å². The molecule has 4 heteroatoms. The van der Waals surface area contributed by atoms with Gasteiger partial charge in [0.1, 0.15) is 6.61 Å². The van der Waals surface area contributed by atoms with Gasteiger partial charge in [0, 0.05) is 0 Å². The van der Waals surface area contributed by atoms with Crippen LogP contribution in [0.5, 0.6) is 11.5 Å². The van der Waals surface area contributed by atoms with Crippen molar-refractivity contribution in [1.29, 1.82) is 0 Å². The first-order valence-electron chi connectivity index (χ1n) is 6.74. The Morgan fingerprint density at radius 2 is 1.71 bits per heavy atom. The maximum absolute atomic E-state index is 5.82. The molecule has 3 nitrogen and oxygen atoms in total. The molecule has 2 aromatic carbocycles. The molecule has 0 N–H and O–H groups in total. The molecule has 0 aliphatic rings. The van der Waals surface area contributed by atoms with Gasteiger partial charge in [0.15, 0.2) is 11.5 Å². The van der Waals surface area contributed by atoms with Gasteiger partial charge in [-0.15, -0.1) is 11.8 Å². The first kappa shape index (κ1) is 15.7. The third-order valence-electron chi connectivity index (χ3n) is 2.94. The van der Waals surface area contributed by atoms with Crippen molar-refractivity contribution in [1.82, 2.24) is 0 Å². The molecule has 0 fully saturated rings. The topological polar surface area (TPSA) is 27.7 Å². The largest absolute Gasteiger partial charge is 0.493 e. The van der Waals surface area contributed by atoms with Gasteiger partial charge >= 0.3 is 0 Å². The molecule has 0 saturated carbocycles. The van der Waals surface area contributed by atoms with E-state index in [0.29, 0.717) is 19.2 Å². The molecule has 0 amide bonds. The second-order valence-corrected chi connectivity index (χ2v) is 5.33. The zero-order valence-corrected chi connectivity index (χ0v) is 13.2. The summed E-state index contributed by atoms with van der Waals surface area (Å²) in [6, 6.07) is 16.0. The first-order chi connectivity index (χ1) is 10.3. The summed E-state index contributed by atoms with van der Waals surface area (Å²) < 4.78 is 16.7. The minimum Gasteiger partial charge on any atom is -0.493 e. The molecule has 0 unspecified atom stereocenters. The molecule has 0 aliphatic heterocycles.